The summed E-state index contributed by atoms with van der Waals surface area (Å²) in [7, 11) is 0. The van der Waals surface area contributed by atoms with Crippen molar-refractivity contribution in [2.24, 2.45) is 16.2 Å². The molecular formula is C30H63AlO3. The standard InChI is InChI=1S/3C10H21O.Al/c3*1-10(2,3)8-6-4-5-7-9-11;/h3*4-9H2,1-3H3;/q3*-1;+3. The van der Waals surface area contributed by atoms with Crippen LogP contribution in [0.25, 0.3) is 0 Å². The fourth-order valence-electron chi connectivity index (χ4n) is 4.02. The van der Waals surface area contributed by atoms with Crippen molar-refractivity contribution in [1.29, 1.82) is 0 Å². The highest BCUT2D eigenvalue weighted by molar-refractivity contribution is 6.36. The molecule has 0 saturated heterocycles. The fourth-order valence-corrected chi connectivity index (χ4v) is 5.38. The summed E-state index contributed by atoms with van der Waals surface area (Å²) in [6.07, 6.45) is 18.9. The lowest BCUT2D eigenvalue weighted by molar-refractivity contribution is 0.0884. The highest BCUT2D eigenvalue weighted by Crippen LogP contribution is 2.24. The van der Waals surface area contributed by atoms with Gasteiger partial charge in [-0.1, -0.05) is 120 Å². The van der Waals surface area contributed by atoms with Gasteiger partial charge in [0, 0.05) is 19.8 Å². The minimum absolute atomic E-state index is 0.454. The van der Waals surface area contributed by atoms with Gasteiger partial charge in [-0.3, -0.25) is 0 Å². The minimum Gasteiger partial charge on any atom is -0.454 e. The molecule has 0 aromatic carbocycles. The van der Waals surface area contributed by atoms with Crippen molar-refractivity contribution in [2.75, 3.05) is 19.8 Å². The van der Waals surface area contributed by atoms with Gasteiger partial charge in [0.1, 0.15) is 0 Å². The molecule has 0 radical (unpaired) electrons. The lowest BCUT2D eigenvalue weighted by Crippen LogP contribution is -2.28. The highest BCUT2D eigenvalue weighted by Gasteiger charge is 2.30. The van der Waals surface area contributed by atoms with Crippen LogP contribution in [0.2, 0.25) is 0 Å². The van der Waals surface area contributed by atoms with Crippen molar-refractivity contribution in [3.63, 3.8) is 0 Å². The second-order valence-electron chi connectivity index (χ2n) is 14.1. The van der Waals surface area contributed by atoms with Gasteiger partial charge in [0.15, 0.2) is 0 Å². The summed E-state index contributed by atoms with van der Waals surface area (Å²) < 4.78 is 18.4. The molecule has 0 aliphatic rings. The number of rotatable bonds is 21. The molecule has 0 atom stereocenters. The Hall–Kier alpha value is 0.412. The fraction of sp³-hybridized carbons (Fsp3) is 1.00. The molecule has 0 amide bonds. The molecule has 0 saturated carbocycles. The van der Waals surface area contributed by atoms with Crippen LogP contribution in [0.4, 0.5) is 0 Å². The Balaban J connectivity index is 4.04. The Kier molecular flexibility index (Phi) is 19.8. The quantitative estimate of drug-likeness (QED) is 0.116. The Bertz CT molecular complexity index is 379. The number of hydrogen-bond acceptors (Lipinski definition) is 3. The van der Waals surface area contributed by atoms with Crippen molar-refractivity contribution < 1.29 is 11.4 Å². The van der Waals surface area contributed by atoms with Crippen LogP contribution < -0.4 is 0 Å². The topological polar surface area (TPSA) is 27.7 Å². The Morgan fingerprint density at radius 1 is 0.353 bits per heavy atom. The Labute approximate surface area is 220 Å². The normalized spacial score (nSPS) is 13.0. The van der Waals surface area contributed by atoms with Crippen LogP contribution in [-0.2, 0) is 11.4 Å². The zero-order valence-corrected chi connectivity index (χ0v) is 26.2. The van der Waals surface area contributed by atoms with Gasteiger partial charge in [-0.05, 0) is 54.8 Å². The van der Waals surface area contributed by atoms with Crippen molar-refractivity contribution in [1.82, 2.24) is 0 Å². The lowest BCUT2D eigenvalue weighted by Gasteiger charge is -2.18. The van der Waals surface area contributed by atoms with Gasteiger partial charge < -0.3 is 11.4 Å². The summed E-state index contributed by atoms with van der Waals surface area (Å²) in [6, 6.07) is 0. The van der Waals surface area contributed by atoms with E-state index in [0.29, 0.717) is 16.2 Å². The van der Waals surface area contributed by atoms with E-state index in [4.69, 9.17) is 11.4 Å². The van der Waals surface area contributed by atoms with Gasteiger partial charge in [0.2, 0.25) is 0 Å². The van der Waals surface area contributed by atoms with Crippen LogP contribution in [0.3, 0.4) is 0 Å². The van der Waals surface area contributed by atoms with Gasteiger partial charge >= 0.3 is 15.1 Å². The van der Waals surface area contributed by atoms with E-state index in [0.717, 1.165) is 39.1 Å². The van der Waals surface area contributed by atoms with E-state index in [2.05, 4.69) is 62.3 Å². The first-order valence-corrected chi connectivity index (χ1v) is 16.0. The maximum absolute atomic E-state index is 6.13. The van der Waals surface area contributed by atoms with Gasteiger partial charge in [0.25, 0.3) is 0 Å². The Morgan fingerprint density at radius 3 is 0.824 bits per heavy atom. The molecule has 0 spiro atoms. The largest absolute Gasteiger partial charge is 0.905 e. The molecule has 204 valence electrons. The van der Waals surface area contributed by atoms with E-state index >= 15 is 0 Å². The maximum atomic E-state index is 6.13. The molecule has 0 fully saturated rings. The van der Waals surface area contributed by atoms with Gasteiger partial charge in [0.05, 0.1) is 0 Å². The summed E-state index contributed by atoms with van der Waals surface area (Å²) in [5.41, 5.74) is 1.36. The number of hydrogen-bond donors (Lipinski definition) is 0. The molecule has 0 bridgehead atoms. The molecule has 0 aliphatic carbocycles. The summed E-state index contributed by atoms with van der Waals surface area (Å²) >= 11 is -1.99. The first-order valence-electron chi connectivity index (χ1n) is 14.6. The molecule has 0 aromatic heterocycles. The van der Waals surface area contributed by atoms with E-state index in [-0.39, 0.29) is 0 Å². The van der Waals surface area contributed by atoms with Gasteiger partial charge in [-0.15, -0.1) is 0 Å². The molecule has 0 aromatic rings. The Morgan fingerprint density at radius 2 is 0.588 bits per heavy atom. The van der Waals surface area contributed by atoms with Crippen molar-refractivity contribution in [3.8, 4) is 0 Å². The SMILES string of the molecule is CC(C)(C)CCCCCC[O][Al]([O]CCCCCCC(C)(C)C)[O]CCCCCCC(C)(C)C. The predicted molar refractivity (Wildman–Crippen MR) is 151 cm³/mol. The molecule has 0 unspecified atom stereocenters. The average Bonchev–Trinajstić information content (AvgIpc) is 2.68. The van der Waals surface area contributed by atoms with Crippen LogP contribution in [0.1, 0.15) is 159 Å². The monoisotopic (exact) mass is 498 g/mol. The van der Waals surface area contributed by atoms with E-state index < -0.39 is 15.1 Å². The molecular weight excluding hydrogens is 435 g/mol. The van der Waals surface area contributed by atoms with E-state index in [9.17, 15) is 0 Å². The first kappa shape index (κ1) is 34.4. The van der Waals surface area contributed by atoms with E-state index in [1.54, 1.807) is 0 Å². The highest BCUT2D eigenvalue weighted by atomic mass is 27.3. The zero-order chi connectivity index (χ0) is 25.9. The predicted octanol–water partition coefficient (Wildman–Crippen LogP) is 10.0. The molecule has 0 heterocycles. The van der Waals surface area contributed by atoms with E-state index in [1.165, 1.54) is 77.0 Å². The molecule has 0 rings (SSSR count). The third-order valence-corrected chi connectivity index (χ3v) is 7.75. The van der Waals surface area contributed by atoms with E-state index in [1.807, 2.05) is 0 Å². The zero-order valence-electron chi connectivity index (χ0n) is 25.0. The summed E-state index contributed by atoms with van der Waals surface area (Å²) in [5, 5.41) is 0. The molecule has 0 N–H and O–H groups in total. The van der Waals surface area contributed by atoms with Gasteiger partial charge in [-0.25, -0.2) is 0 Å². The van der Waals surface area contributed by atoms with Crippen molar-refractivity contribution in [3.05, 3.63) is 0 Å². The number of unbranched alkanes of at least 4 members (excludes halogenated alkanes) is 9. The van der Waals surface area contributed by atoms with Crippen molar-refractivity contribution >= 4 is 15.1 Å². The van der Waals surface area contributed by atoms with Crippen LogP contribution in [0, 0.1) is 16.2 Å². The first-order chi connectivity index (χ1) is 15.8. The van der Waals surface area contributed by atoms with Crippen molar-refractivity contribution in [2.45, 2.75) is 159 Å². The van der Waals surface area contributed by atoms with Gasteiger partial charge in [-0.2, -0.15) is 0 Å². The lowest BCUT2D eigenvalue weighted by atomic mass is 9.89. The van der Waals surface area contributed by atoms with Crippen LogP contribution in [0.5, 0.6) is 0 Å². The van der Waals surface area contributed by atoms with Crippen LogP contribution in [-0.4, -0.2) is 35.0 Å². The molecule has 34 heavy (non-hydrogen) atoms. The van der Waals surface area contributed by atoms with Crippen LogP contribution >= 0.6 is 0 Å². The average molecular weight is 499 g/mol. The summed E-state index contributed by atoms with van der Waals surface area (Å²) in [4.78, 5) is 0. The second kappa shape index (κ2) is 19.5. The second-order valence-corrected chi connectivity index (χ2v) is 15.7. The maximum Gasteiger partial charge on any atom is 0.905 e. The third-order valence-electron chi connectivity index (χ3n) is 6.23. The third kappa shape index (κ3) is 28.6. The van der Waals surface area contributed by atoms with Crippen LogP contribution in [0.15, 0.2) is 0 Å². The smallest absolute Gasteiger partial charge is 0.454 e. The summed E-state index contributed by atoms with van der Waals surface area (Å²) in [6.45, 7) is 23.4. The summed E-state index contributed by atoms with van der Waals surface area (Å²) in [5.74, 6) is 0. The molecule has 3 nitrogen and oxygen atoms in total. The minimum atomic E-state index is -1.99. The molecule has 0 aliphatic heterocycles. The molecule has 4 heteroatoms.